The van der Waals surface area contributed by atoms with Gasteiger partial charge in [0.1, 0.15) is 0 Å². The van der Waals surface area contributed by atoms with Gasteiger partial charge in [0.2, 0.25) is 0 Å². The average Bonchev–Trinajstić information content (AvgIpc) is 2.64. The Labute approximate surface area is 152 Å². The lowest BCUT2D eigenvalue weighted by Gasteiger charge is -2.11. The van der Waals surface area contributed by atoms with E-state index in [9.17, 15) is 4.79 Å². The van der Waals surface area contributed by atoms with Crippen LogP contribution in [0.5, 0.6) is 0 Å². The number of rotatable bonds is 3. The zero-order valence-corrected chi connectivity index (χ0v) is 14.6. The number of carbonyl (C=O) groups excluding carboxylic acids is 1. The molecule has 3 rings (SSSR count). The highest BCUT2D eigenvalue weighted by molar-refractivity contribution is 7.80. The van der Waals surface area contributed by atoms with Crippen LogP contribution in [0.2, 0.25) is 0 Å². The molecule has 0 fully saturated rings. The number of aryl methyl sites for hydroxylation is 1. The van der Waals surface area contributed by atoms with E-state index in [0.717, 1.165) is 22.4 Å². The molecule has 3 aromatic carbocycles. The maximum absolute atomic E-state index is 12.3. The molecule has 0 aromatic heterocycles. The van der Waals surface area contributed by atoms with E-state index in [1.807, 2.05) is 73.7 Å². The fourth-order valence-corrected chi connectivity index (χ4v) is 2.69. The zero-order chi connectivity index (χ0) is 17.6. The van der Waals surface area contributed by atoms with Crippen molar-refractivity contribution in [2.24, 2.45) is 0 Å². The summed E-state index contributed by atoms with van der Waals surface area (Å²) in [5.41, 5.74) is 4.69. The predicted molar refractivity (Wildman–Crippen MR) is 107 cm³/mol. The number of thiocarbonyl (C=S) groups is 1. The maximum Gasteiger partial charge on any atom is 0.257 e. The topological polar surface area (TPSA) is 41.1 Å². The lowest BCUT2D eigenvalue weighted by atomic mass is 10.0. The number of para-hydroxylation sites is 1. The summed E-state index contributed by atoms with van der Waals surface area (Å²) in [6.45, 7) is 1.98. The summed E-state index contributed by atoms with van der Waals surface area (Å²) in [4.78, 5) is 12.3. The molecule has 0 heterocycles. The highest BCUT2D eigenvalue weighted by atomic mass is 32.1. The molecule has 25 heavy (non-hydrogen) atoms. The van der Waals surface area contributed by atoms with Crippen molar-refractivity contribution in [2.75, 3.05) is 5.32 Å². The van der Waals surface area contributed by atoms with Crippen molar-refractivity contribution >= 4 is 28.9 Å². The highest BCUT2D eigenvalue weighted by Crippen LogP contribution is 2.19. The molecule has 0 saturated heterocycles. The predicted octanol–water partition coefficient (Wildman–Crippen LogP) is 4.79. The van der Waals surface area contributed by atoms with Gasteiger partial charge in [0, 0.05) is 11.3 Å². The monoisotopic (exact) mass is 346 g/mol. The van der Waals surface area contributed by atoms with E-state index in [4.69, 9.17) is 12.2 Å². The third-order valence-corrected chi connectivity index (χ3v) is 4.08. The Morgan fingerprint density at radius 3 is 2.08 bits per heavy atom. The molecule has 0 aliphatic rings. The summed E-state index contributed by atoms with van der Waals surface area (Å²) < 4.78 is 0. The number of nitrogens with one attached hydrogen (secondary N) is 2. The molecule has 0 radical (unpaired) electrons. The molecule has 1 amide bonds. The van der Waals surface area contributed by atoms with Gasteiger partial charge in [-0.1, -0.05) is 60.7 Å². The number of hydrogen-bond acceptors (Lipinski definition) is 2. The van der Waals surface area contributed by atoms with Gasteiger partial charge in [-0.05, 0) is 54.0 Å². The van der Waals surface area contributed by atoms with Crippen molar-refractivity contribution in [1.29, 1.82) is 0 Å². The average molecular weight is 346 g/mol. The second kappa shape index (κ2) is 7.73. The summed E-state index contributed by atoms with van der Waals surface area (Å²) in [6.07, 6.45) is 0. The first-order valence-electron chi connectivity index (χ1n) is 7.97. The number of amides is 1. The molecule has 3 nitrogen and oxygen atoms in total. The maximum atomic E-state index is 12.3. The zero-order valence-electron chi connectivity index (χ0n) is 13.8. The summed E-state index contributed by atoms with van der Waals surface area (Å²) in [7, 11) is 0. The van der Waals surface area contributed by atoms with Gasteiger partial charge in [-0.3, -0.25) is 10.1 Å². The van der Waals surface area contributed by atoms with Gasteiger partial charge in [0.15, 0.2) is 5.11 Å². The van der Waals surface area contributed by atoms with Crippen LogP contribution in [0.25, 0.3) is 11.1 Å². The first-order valence-corrected chi connectivity index (χ1v) is 8.38. The summed E-state index contributed by atoms with van der Waals surface area (Å²) in [6, 6.07) is 25.3. The molecule has 0 unspecified atom stereocenters. The van der Waals surface area contributed by atoms with Crippen molar-refractivity contribution < 1.29 is 4.79 Å². The van der Waals surface area contributed by atoms with Gasteiger partial charge in [0.25, 0.3) is 5.91 Å². The van der Waals surface area contributed by atoms with Crippen LogP contribution >= 0.6 is 12.2 Å². The van der Waals surface area contributed by atoms with Gasteiger partial charge in [0.05, 0.1) is 0 Å². The molecule has 2 N–H and O–H groups in total. The fourth-order valence-electron chi connectivity index (χ4n) is 2.49. The van der Waals surface area contributed by atoms with Gasteiger partial charge >= 0.3 is 0 Å². The Kier molecular flexibility index (Phi) is 5.21. The minimum atomic E-state index is -0.231. The van der Waals surface area contributed by atoms with Crippen LogP contribution in [0.15, 0.2) is 78.9 Å². The lowest BCUT2D eigenvalue weighted by molar-refractivity contribution is 0.0978. The summed E-state index contributed by atoms with van der Waals surface area (Å²) >= 11 is 5.23. The van der Waals surface area contributed by atoms with Crippen LogP contribution in [0, 0.1) is 6.92 Å². The molecule has 0 spiro atoms. The summed E-state index contributed by atoms with van der Waals surface area (Å²) in [5, 5.41) is 6.04. The molecular formula is C21H18N2OS. The standard InChI is InChI=1S/C21H18N2OS/c1-15-7-5-6-10-19(15)22-21(25)23-20(24)18-13-11-17(12-14-18)16-8-3-2-4-9-16/h2-14H,1H3,(H2,22,23,24,25). The van der Waals surface area contributed by atoms with E-state index >= 15 is 0 Å². The molecule has 124 valence electrons. The van der Waals surface area contributed by atoms with Crippen molar-refractivity contribution in [3.05, 3.63) is 90.0 Å². The number of anilines is 1. The van der Waals surface area contributed by atoms with E-state index in [1.54, 1.807) is 12.1 Å². The van der Waals surface area contributed by atoms with E-state index in [-0.39, 0.29) is 11.0 Å². The van der Waals surface area contributed by atoms with Gasteiger partial charge < -0.3 is 5.32 Å². The number of benzene rings is 3. The molecule has 4 heteroatoms. The smallest absolute Gasteiger partial charge is 0.257 e. The second-order valence-corrected chi connectivity index (χ2v) is 6.07. The lowest BCUT2D eigenvalue weighted by Crippen LogP contribution is -2.34. The second-order valence-electron chi connectivity index (χ2n) is 5.67. The quantitative estimate of drug-likeness (QED) is 0.670. The molecule has 0 saturated carbocycles. The normalized spacial score (nSPS) is 10.1. The van der Waals surface area contributed by atoms with E-state index in [2.05, 4.69) is 10.6 Å². The number of carbonyl (C=O) groups is 1. The molecule has 0 aliphatic heterocycles. The molecule has 0 aliphatic carbocycles. The molecular weight excluding hydrogens is 328 g/mol. The molecule has 3 aromatic rings. The largest absolute Gasteiger partial charge is 0.332 e. The van der Waals surface area contributed by atoms with Gasteiger partial charge in [-0.2, -0.15) is 0 Å². The van der Waals surface area contributed by atoms with E-state index in [0.29, 0.717) is 5.56 Å². The van der Waals surface area contributed by atoms with Crippen LogP contribution < -0.4 is 10.6 Å². The van der Waals surface area contributed by atoms with E-state index < -0.39 is 0 Å². The summed E-state index contributed by atoms with van der Waals surface area (Å²) in [5.74, 6) is -0.231. The Hall–Kier alpha value is -2.98. The highest BCUT2D eigenvalue weighted by Gasteiger charge is 2.09. The van der Waals surface area contributed by atoms with Crippen LogP contribution in [0.4, 0.5) is 5.69 Å². The van der Waals surface area contributed by atoms with Crippen LogP contribution in [0.3, 0.4) is 0 Å². The first-order chi connectivity index (χ1) is 12.1. The van der Waals surface area contributed by atoms with Crippen LogP contribution in [0.1, 0.15) is 15.9 Å². The minimum absolute atomic E-state index is 0.231. The third kappa shape index (κ3) is 4.31. The van der Waals surface area contributed by atoms with Crippen LogP contribution in [-0.4, -0.2) is 11.0 Å². The molecule has 0 atom stereocenters. The fraction of sp³-hybridized carbons (Fsp3) is 0.0476. The van der Waals surface area contributed by atoms with Crippen molar-refractivity contribution in [3.8, 4) is 11.1 Å². The Bertz CT molecular complexity index is 889. The number of hydrogen-bond donors (Lipinski definition) is 2. The third-order valence-electron chi connectivity index (χ3n) is 3.87. The van der Waals surface area contributed by atoms with Crippen molar-refractivity contribution in [1.82, 2.24) is 5.32 Å². The van der Waals surface area contributed by atoms with Gasteiger partial charge in [-0.25, -0.2) is 0 Å². The SMILES string of the molecule is Cc1ccccc1NC(=S)NC(=O)c1ccc(-c2ccccc2)cc1. The van der Waals surface area contributed by atoms with Crippen molar-refractivity contribution in [2.45, 2.75) is 6.92 Å². The molecule has 0 bridgehead atoms. The van der Waals surface area contributed by atoms with Crippen LogP contribution in [-0.2, 0) is 0 Å². The Balaban J connectivity index is 1.65. The first kappa shape index (κ1) is 16.9. The Morgan fingerprint density at radius 2 is 1.40 bits per heavy atom. The van der Waals surface area contributed by atoms with Gasteiger partial charge in [-0.15, -0.1) is 0 Å². The Morgan fingerprint density at radius 1 is 0.800 bits per heavy atom. The van der Waals surface area contributed by atoms with E-state index in [1.165, 1.54) is 0 Å². The van der Waals surface area contributed by atoms with Crippen molar-refractivity contribution in [3.63, 3.8) is 0 Å². The minimum Gasteiger partial charge on any atom is -0.332 e.